The van der Waals surface area contributed by atoms with Gasteiger partial charge in [-0.2, -0.15) is 4.57 Å². The van der Waals surface area contributed by atoms with Crippen LogP contribution in [0.15, 0.2) is 66.7 Å². The Morgan fingerprint density at radius 1 is 0.840 bits per heavy atom. The standard InChI is InChI=1S/C23H24NO/c25-23(20-12-5-2-6-13-20)17-24-21-14-8-7-11-19(21)15-16-22(24)18-9-3-1-4-10-18/h2,5-8,11-16,18H,1,3-4,9-10,17H2/q+1. The van der Waals surface area contributed by atoms with Gasteiger partial charge in [0.2, 0.25) is 17.8 Å². The summed E-state index contributed by atoms with van der Waals surface area (Å²) in [4.78, 5) is 12.9. The highest BCUT2D eigenvalue weighted by atomic mass is 16.1. The van der Waals surface area contributed by atoms with Crippen LogP contribution in [0.3, 0.4) is 0 Å². The molecule has 2 nitrogen and oxygen atoms in total. The van der Waals surface area contributed by atoms with Gasteiger partial charge in [0.15, 0.2) is 5.69 Å². The number of carbonyl (C=O) groups is 1. The zero-order chi connectivity index (χ0) is 17.1. The van der Waals surface area contributed by atoms with Gasteiger partial charge in [-0.15, -0.1) is 0 Å². The Labute approximate surface area is 149 Å². The molecule has 0 bridgehead atoms. The maximum absolute atomic E-state index is 12.9. The minimum atomic E-state index is 0.180. The molecule has 1 aromatic heterocycles. The monoisotopic (exact) mass is 330 g/mol. The zero-order valence-electron chi connectivity index (χ0n) is 14.5. The largest absolute Gasteiger partial charge is 0.287 e. The molecule has 1 aliphatic carbocycles. The molecule has 4 rings (SSSR count). The van der Waals surface area contributed by atoms with Crippen molar-refractivity contribution in [1.82, 2.24) is 0 Å². The number of hydrogen-bond donors (Lipinski definition) is 0. The number of para-hydroxylation sites is 1. The molecule has 0 saturated heterocycles. The van der Waals surface area contributed by atoms with Crippen molar-refractivity contribution in [3.05, 3.63) is 78.0 Å². The molecule has 1 fully saturated rings. The lowest BCUT2D eigenvalue weighted by atomic mass is 9.86. The zero-order valence-corrected chi connectivity index (χ0v) is 14.5. The third-order valence-corrected chi connectivity index (χ3v) is 5.39. The van der Waals surface area contributed by atoms with Crippen LogP contribution in [0.25, 0.3) is 10.9 Å². The number of hydrogen-bond acceptors (Lipinski definition) is 1. The minimum Gasteiger partial charge on any atom is -0.287 e. The highest BCUT2D eigenvalue weighted by Crippen LogP contribution is 2.31. The number of rotatable bonds is 4. The van der Waals surface area contributed by atoms with Gasteiger partial charge in [-0.1, -0.05) is 61.7 Å². The number of carbonyl (C=O) groups excluding carboxylic acids is 1. The molecule has 0 spiro atoms. The van der Waals surface area contributed by atoms with Crippen molar-refractivity contribution in [3.8, 4) is 0 Å². The first-order chi connectivity index (χ1) is 12.3. The summed E-state index contributed by atoms with van der Waals surface area (Å²) in [7, 11) is 0. The maximum Gasteiger partial charge on any atom is 0.227 e. The van der Waals surface area contributed by atoms with Crippen molar-refractivity contribution in [1.29, 1.82) is 0 Å². The van der Waals surface area contributed by atoms with Crippen LogP contribution in [0.2, 0.25) is 0 Å². The Morgan fingerprint density at radius 3 is 2.36 bits per heavy atom. The number of fused-ring (bicyclic) bond motifs is 1. The van der Waals surface area contributed by atoms with E-state index >= 15 is 0 Å². The molecule has 1 aliphatic rings. The molecule has 2 aromatic carbocycles. The van der Waals surface area contributed by atoms with E-state index in [2.05, 4.69) is 41.0 Å². The number of ketones is 1. The summed E-state index contributed by atoms with van der Waals surface area (Å²) in [6.07, 6.45) is 6.40. The first-order valence-corrected chi connectivity index (χ1v) is 9.33. The van der Waals surface area contributed by atoms with Crippen molar-refractivity contribution < 1.29 is 9.36 Å². The van der Waals surface area contributed by atoms with Gasteiger partial charge in [0, 0.05) is 29.0 Å². The highest BCUT2D eigenvalue weighted by molar-refractivity contribution is 5.95. The molecule has 0 radical (unpaired) electrons. The Balaban J connectivity index is 1.77. The van der Waals surface area contributed by atoms with E-state index in [4.69, 9.17) is 0 Å². The first-order valence-electron chi connectivity index (χ1n) is 9.33. The third-order valence-electron chi connectivity index (χ3n) is 5.39. The summed E-state index contributed by atoms with van der Waals surface area (Å²) in [5, 5.41) is 1.20. The molecule has 0 atom stereocenters. The fraction of sp³-hybridized carbons (Fsp3) is 0.304. The SMILES string of the molecule is O=C(C[n+]1c(C2CCCCC2)ccc2ccccc21)c1ccccc1. The van der Waals surface area contributed by atoms with Crippen LogP contribution in [0.4, 0.5) is 0 Å². The summed E-state index contributed by atoms with van der Waals surface area (Å²) in [6.45, 7) is 0.414. The normalized spacial score (nSPS) is 15.4. The first kappa shape index (κ1) is 16.0. The summed E-state index contributed by atoms with van der Waals surface area (Å²) >= 11 is 0. The number of Topliss-reactive ketones (excluding diaryl/α,β-unsaturated/α-hetero) is 1. The molecule has 126 valence electrons. The summed E-state index contributed by atoms with van der Waals surface area (Å²) < 4.78 is 2.26. The van der Waals surface area contributed by atoms with E-state index in [0.29, 0.717) is 12.5 Å². The quantitative estimate of drug-likeness (QED) is 0.484. The number of pyridine rings is 1. The third kappa shape index (κ3) is 3.34. The summed E-state index contributed by atoms with van der Waals surface area (Å²) in [6, 6.07) is 22.5. The van der Waals surface area contributed by atoms with Crippen LogP contribution in [0, 0.1) is 0 Å². The Kier molecular flexibility index (Phi) is 4.60. The van der Waals surface area contributed by atoms with Gasteiger partial charge in [0.1, 0.15) is 0 Å². The second-order valence-corrected chi connectivity index (χ2v) is 7.03. The molecule has 0 unspecified atom stereocenters. The van der Waals surface area contributed by atoms with Gasteiger partial charge in [0.25, 0.3) is 0 Å². The van der Waals surface area contributed by atoms with Crippen molar-refractivity contribution in [3.63, 3.8) is 0 Å². The number of aromatic nitrogens is 1. The molecule has 1 saturated carbocycles. The predicted molar refractivity (Wildman–Crippen MR) is 101 cm³/mol. The molecule has 0 amide bonds. The molecule has 2 heteroatoms. The van der Waals surface area contributed by atoms with Crippen LogP contribution < -0.4 is 4.57 Å². The lowest BCUT2D eigenvalue weighted by Crippen LogP contribution is -2.44. The van der Waals surface area contributed by atoms with E-state index in [1.807, 2.05) is 30.3 Å². The van der Waals surface area contributed by atoms with Gasteiger partial charge in [-0.25, -0.2) is 0 Å². The van der Waals surface area contributed by atoms with Gasteiger partial charge >= 0.3 is 0 Å². The fourth-order valence-corrected chi connectivity index (χ4v) is 4.07. The van der Waals surface area contributed by atoms with Crippen molar-refractivity contribution in [2.24, 2.45) is 0 Å². The van der Waals surface area contributed by atoms with E-state index < -0.39 is 0 Å². The molecular formula is C23H24NO+. The van der Waals surface area contributed by atoms with E-state index in [0.717, 1.165) is 11.1 Å². The van der Waals surface area contributed by atoms with Crippen LogP contribution in [-0.2, 0) is 6.54 Å². The topological polar surface area (TPSA) is 20.9 Å². The van der Waals surface area contributed by atoms with E-state index in [1.54, 1.807) is 0 Å². The average molecular weight is 330 g/mol. The second kappa shape index (κ2) is 7.18. The summed E-state index contributed by atoms with van der Waals surface area (Å²) in [5.41, 5.74) is 3.27. The molecule has 1 heterocycles. The van der Waals surface area contributed by atoms with Gasteiger partial charge in [-0.05, 0) is 25.0 Å². The van der Waals surface area contributed by atoms with E-state index in [9.17, 15) is 4.79 Å². The van der Waals surface area contributed by atoms with Crippen LogP contribution in [-0.4, -0.2) is 5.78 Å². The minimum absolute atomic E-state index is 0.180. The Bertz CT molecular complexity index is 879. The van der Waals surface area contributed by atoms with Crippen LogP contribution >= 0.6 is 0 Å². The van der Waals surface area contributed by atoms with Crippen LogP contribution in [0.5, 0.6) is 0 Å². The lowest BCUT2D eigenvalue weighted by Gasteiger charge is -2.20. The van der Waals surface area contributed by atoms with E-state index in [-0.39, 0.29) is 5.78 Å². The Morgan fingerprint density at radius 2 is 1.56 bits per heavy atom. The summed E-state index contributed by atoms with van der Waals surface area (Å²) in [5.74, 6) is 0.751. The molecule has 3 aromatic rings. The number of nitrogens with zero attached hydrogens (tertiary/aromatic N) is 1. The van der Waals surface area contributed by atoms with Crippen molar-refractivity contribution >= 4 is 16.7 Å². The maximum atomic E-state index is 12.9. The number of benzene rings is 2. The molecule has 0 N–H and O–H groups in total. The molecule has 25 heavy (non-hydrogen) atoms. The molecule has 0 aliphatic heterocycles. The second-order valence-electron chi connectivity index (χ2n) is 7.03. The Hall–Kier alpha value is -2.48. The fourth-order valence-electron chi connectivity index (χ4n) is 4.07. The van der Waals surface area contributed by atoms with Crippen LogP contribution in [0.1, 0.15) is 54.1 Å². The van der Waals surface area contributed by atoms with Gasteiger partial charge in [0.05, 0.1) is 0 Å². The average Bonchev–Trinajstić information content (AvgIpc) is 2.69. The smallest absolute Gasteiger partial charge is 0.227 e. The van der Waals surface area contributed by atoms with E-state index in [1.165, 1.54) is 43.2 Å². The molecular weight excluding hydrogens is 306 g/mol. The van der Waals surface area contributed by atoms with Crippen molar-refractivity contribution in [2.75, 3.05) is 0 Å². The van der Waals surface area contributed by atoms with Gasteiger partial charge in [-0.3, -0.25) is 4.79 Å². The lowest BCUT2D eigenvalue weighted by molar-refractivity contribution is -0.666. The van der Waals surface area contributed by atoms with Gasteiger partial charge < -0.3 is 0 Å². The predicted octanol–water partition coefficient (Wildman–Crippen LogP) is 5.06. The highest BCUT2D eigenvalue weighted by Gasteiger charge is 2.27. The van der Waals surface area contributed by atoms with Crippen molar-refractivity contribution in [2.45, 2.75) is 44.6 Å².